The Balaban J connectivity index is 2.13. The third kappa shape index (κ3) is 0.988. The van der Waals surface area contributed by atoms with Crippen LogP contribution in [0.25, 0.3) is 0 Å². The number of carbonyl (C=O) groups is 1. The number of allylic oxidation sites excluding steroid dienone is 4. The number of aliphatic hydroxyl groups is 1. The smallest absolute Gasteiger partial charge is 0.170 e. The van der Waals surface area contributed by atoms with Crippen LogP contribution < -0.4 is 0 Å². The molecule has 102 valence electrons. The van der Waals surface area contributed by atoms with E-state index in [4.69, 9.17) is 0 Å². The van der Waals surface area contributed by atoms with E-state index in [0.29, 0.717) is 0 Å². The molecule has 4 atom stereocenters. The van der Waals surface area contributed by atoms with Crippen LogP contribution in [0.15, 0.2) is 48.1 Å². The molecule has 1 saturated carbocycles. The first-order valence-corrected chi connectivity index (χ1v) is 7.24. The Hall–Kier alpha value is -1.67. The molecule has 20 heavy (non-hydrogen) atoms. The fraction of sp³-hybridized carbons (Fsp3) is 0.389. The predicted octanol–water partition coefficient (Wildman–Crippen LogP) is 3.08. The van der Waals surface area contributed by atoms with Gasteiger partial charge in [0.05, 0.1) is 11.5 Å². The minimum atomic E-state index is -0.642. The molecule has 1 aromatic rings. The van der Waals surface area contributed by atoms with E-state index in [2.05, 4.69) is 19.9 Å². The minimum absolute atomic E-state index is 0.130. The van der Waals surface area contributed by atoms with Crippen LogP contribution in [-0.2, 0) is 10.2 Å². The SMILES string of the molecule is C[C@@H]1CC2=CC=CC(=O)[C@@]23c2ccccc2[C@H](O)[C@@]13C. The molecule has 4 rings (SSSR count). The van der Waals surface area contributed by atoms with Crippen molar-refractivity contribution >= 4 is 5.78 Å². The molecule has 0 heterocycles. The van der Waals surface area contributed by atoms with Gasteiger partial charge in [0.1, 0.15) is 0 Å². The van der Waals surface area contributed by atoms with Crippen molar-refractivity contribution in [1.82, 2.24) is 0 Å². The maximum atomic E-state index is 12.9. The van der Waals surface area contributed by atoms with Crippen molar-refractivity contribution < 1.29 is 9.90 Å². The molecule has 0 bridgehead atoms. The number of hydrogen-bond acceptors (Lipinski definition) is 2. The van der Waals surface area contributed by atoms with Crippen molar-refractivity contribution in [2.24, 2.45) is 11.3 Å². The Labute approximate surface area is 118 Å². The highest BCUT2D eigenvalue weighted by atomic mass is 16.3. The van der Waals surface area contributed by atoms with Gasteiger partial charge in [-0.05, 0) is 29.5 Å². The molecule has 1 N–H and O–H groups in total. The summed E-state index contributed by atoms with van der Waals surface area (Å²) in [4.78, 5) is 12.9. The number of carbonyl (C=O) groups excluding carboxylic acids is 1. The van der Waals surface area contributed by atoms with Gasteiger partial charge in [0.15, 0.2) is 5.78 Å². The average Bonchev–Trinajstić information content (AvgIpc) is 2.80. The van der Waals surface area contributed by atoms with Crippen molar-refractivity contribution in [1.29, 1.82) is 0 Å². The number of rotatable bonds is 0. The van der Waals surface area contributed by atoms with Gasteiger partial charge in [0.25, 0.3) is 0 Å². The fourth-order valence-electron chi connectivity index (χ4n) is 4.87. The maximum absolute atomic E-state index is 12.9. The first kappa shape index (κ1) is 12.1. The van der Waals surface area contributed by atoms with Crippen molar-refractivity contribution in [2.45, 2.75) is 31.8 Å². The van der Waals surface area contributed by atoms with Crippen LogP contribution in [0.4, 0.5) is 0 Å². The Bertz CT molecular complexity index is 684. The zero-order valence-electron chi connectivity index (χ0n) is 11.8. The van der Waals surface area contributed by atoms with Crippen LogP contribution in [0.5, 0.6) is 0 Å². The van der Waals surface area contributed by atoms with E-state index in [9.17, 15) is 9.90 Å². The normalized spacial score (nSPS) is 41.1. The molecule has 0 unspecified atom stereocenters. The lowest BCUT2D eigenvalue weighted by Crippen LogP contribution is -2.47. The Morgan fingerprint density at radius 3 is 2.85 bits per heavy atom. The van der Waals surface area contributed by atoms with Gasteiger partial charge >= 0.3 is 0 Å². The van der Waals surface area contributed by atoms with E-state index >= 15 is 0 Å². The van der Waals surface area contributed by atoms with Gasteiger partial charge in [-0.2, -0.15) is 0 Å². The number of hydrogen-bond donors (Lipinski definition) is 1. The fourth-order valence-corrected chi connectivity index (χ4v) is 4.87. The number of benzene rings is 1. The molecule has 0 aromatic heterocycles. The molecule has 3 aliphatic carbocycles. The summed E-state index contributed by atoms with van der Waals surface area (Å²) in [6.07, 6.45) is 5.93. The zero-order chi connectivity index (χ0) is 14.1. The van der Waals surface area contributed by atoms with E-state index in [0.717, 1.165) is 17.5 Å². The molecule has 1 aromatic carbocycles. The topological polar surface area (TPSA) is 37.3 Å². The van der Waals surface area contributed by atoms with Crippen LogP contribution in [0, 0.1) is 11.3 Å². The first-order chi connectivity index (χ1) is 9.54. The number of ketones is 1. The van der Waals surface area contributed by atoms with E-state index in [1.165, 1.54) is 5.57 Å². The van der Waals surface area contributed by atoms with Gasteiger partial charge in [-0.1, -0.05) is 55.8 Å². The summed E-state index contributed by atoms with van der Waals surface area (Å²) in [5.41, 5.74) is 2.03. The minimum Gasteiger partial charge on any atom is -0.388 e. The Morgan fingerprint density at radius 1 is 1.30 bits per heavy atom. The van der Waals surface area contributed by atoms with Crippen LogP contribution in [-0.4, -0.2) is 10.9 Å². The second-order valence-electron chi connectivity index (χ2n) is 6.54. The van der Waals surface area contributed by atoms with Gasteiger partial charge in [0.2, 0.25) is 0 Å². The summed E-state index contributed by atoms with van der Waals surface area (Å²) < 4.78 is 0. The van der Waals surface area contributed by atoms with Gasteiger partial charge in [-0.15, -0.1) is 0 Å². The monoisotopic (exact) mass is 266 g/mol. The van der Waals surface area contributed by atoms with Gasteiger partial charge in [-0.3, -0.25) is 4.79 Å². The van der Waals surface area contributed by atoms with Gasteiger partial charge in [-0.25, -0.2) is 0 Å². The highest BCUT2D eigenvalue weighted by molar-refractivity contribution is 6.06. The van der Waals surface area contributed by atoms with E-state index < -0.39 is 16.9 Å². The standard InChI is InChI=1S/C18H18O2/c1-11-10-12-6-5-9-15(19)18(12)14-8-4-3-7-13(14)16(20)17(11,18)2/h3-9,11,16,20H,10H2,1-2H3/t11-,16+,17-,18+/m1/s1. The molecule has 3 aliphatic rings. The summed E-state index contributed by atoms with van der Waals surface area (Å²) in [6, 6.07) is 7.90. The molecule has 0 amide bonds. The highest BCUT2D eigenvalue weighted by Crippen LogP contribution is 2.70. The van der Waals surface area contributed by atoms with Crippen molar-refractivity contribution in [3.05, 3.63) is 59.2 Å². The van der Waals surface area contributed by atoms with Gasteiger partial charge in [0, 0.05) is 5.41 Å². The lowest BCUT2D eigenvalue weighted by atomic mass is 9.59. The highest BCUT2D eigenvalue weighted by Gasteiger charge is 2.70. The Morgan fingerprint density at radius 2 is 2.05 bits per heavy atom. The van der Waals surface area contributed by atoms with Crippen LogP contribution >= 0.6 is 0 Å². The van der Waals surface area contributed by atoms with Crippen LogP contribution in [0.3, 0.4) is 0 Å². The van der Waals surface area contributed by atoms with Crippen molar-refractivity contribution in [2.75, 3.05) is 0 Å². The molecular weight excluding hydrogens is 248 g/mol. The predicted molar refractivity (Wildman–Crippen MR) is 77.2 cm³/mol. The van der Waals surface area contributed by atoms with Crippen LogP contribution in [0.1, 0.15) is 37.5 Å². The molecule has 1 spiro atoms. The number of aliphatic hydroxyl groups excluding tert-OH is 1. The largest absolute Gasteiger partial charge is 0.388 e. The maximum Gasteiger partial charge on any atom is 0.170 e. The van der Waals surface area contributed by atoms with Crippen molar-refractivity contribution in [3.8, 4) is 0 Å². The molecule has 2 nitrogen and oxygen atoms in total. The molecule has 0 radical (unpaired) electrons. The van der Waals surface area contributed by atoms with Gasteiger partial charge < -0.3 is 5.11 Å². The summed E-state index contributed by atoms with van der Waals surface area (Å²) in [5, 5.41) is 10.9. The van der Waals surface area contributed by atoms with E-state index in [1.807, 2.05) is 30.3 Å². The average molecular weight is 266 g/mol. The third-order valence-corrected chi connectivity index (χ3v) is 5.98. The van der Waals surface area contributed by atoms with E-state index in [1.54, 1.807) is 6.08 Å². The summed E-state index contributed by atoms with van der Waals surface area (Å²) in [7, 11) is 0. The van der Waals surface area contributed by atoms with E-state index in [-0.39, 0.29) is 11.7 Å². The Kier molecular flexibility index (Phi) is 2.12. The molecule has 2 heteroatoms. The lowest BCUT2D eigenvalue weighted by Gasteiger charge is -2.42. The van der Waals surface area contributed by atoms with Crippen molar-refractivity contribution in [3.63, 3.8) is 0 Å². The second kappa shape index (κ2) is 3.50. The summed E-state index contributed by atoms with van der Waals surface area (Å²) in [5.74, 6) is 0.408. The molecule has 0 saturated heterocycles. The molecular formula is C18H18O2. The summed E-state index contributed by atoms with van der Waals surface area (Å²) >= 11 is 0. The third-order valence-electron chi connectivity index (χ3n) is 5.98. The molecule has 0 aliphatic heterocycles. The van der Waals surface area contributed by atoms with Crippen LogP contribution in [0.2, 0.25) is 0 Å². The second-order valence-corrected chi connectivity index (χ2v) is 6.54. The zero-order valence-corrected chi connectivity index (χ0v) is 11.8. The first-order valence-electron chi connectivity index (χ1n) is 7.24. The summed E-state index contributed by atoms with van der Waals surface area (Å²) in [6.45, 7) is 4.24. The quantitative estimate of drug-likeness (QED) is 0.783. The molecule has 1 fully saturated rings. The number of fused-ring (bicyclic) bond motifs is 1. The lowest BCUT2D eigenvalue weighted by molar-refractivity contribution is -0.125.